The Balaban J connectivity index is 2.69. The number of amides is 3. The van der Waals surface area contributed by atoms with Gasteiger partial charge in [-0.3, -0.25) is 14.4 Å². The van der Waals surface area contributed by atoms with Crippen molar-refractivity contribution in [1.29, 1.82) is 0 Å². The maximum absolute atomic E-state index is 11.4. The third-order valence-electron chi connectivity index (χ3n) is 2.02. The van der Waals surface area contributed by atoms with E-state index in [1.807, 2.05) is 0 Å². The number of carbonyl (C=O) groups is 3. The van der Waals surface area contributed by atoms with Gasteiger partial charge < -0.3 is 4.79 Å². The minimum Gasteiger partial charge on any atom is -0.303 e. The van der Waals surface area contributed by atoms with Gasteiger partial charge in [0.1, 0.15) is 12.3 Å². The second-order valence-corrected chi connectivity index (χ2v) is 3.40. The predicted octanol–water partition coefficient (Wildman–Crippen LogP) is 0.0182. The van der Waals surface area contributed by atoms with E-state index < -0.39 is 6.04 Å². The van der Waals surface area contributed by atoms with E-state index in [4.69, 9.17) is 0 Å². The third-order valence-corrected chi connectivity index (χ3v) is 2.60. The van der Waals surface area contributed by atoms with Crippen LogP contribution in [0.4, 0.5) is 4.79 Å². The monoisotopic (exact) mass is 202 g/mol. The molecule has 0 aromatic heterocycles. The predicted molar refractivity (Wildman–Crippen MR) is 48.8 cm³/mol. The second-order valence-electron chi connectivity index (χ2n) is 2.85. The fourth-order valence-corrected chi connectivity index (χ4v) is 1.68. The van der Waals surface area contributed by atoms with E-state index in [-0.39, 0.29) is 11.9 Å². The maximum atomic E-state index is 11.4. The van der Waals surface area contributed by atoms with Crippen molar-refractivity contribution in [3.8, 4) is 0 Å². The summed E-state index contributed by atoms with van der Waals surface area (Å²) in [5.74, 6) is -0.248. The van der Waals surface area contributed by atoms with Crippen LogP contribution < -0.4 is 0 Å². The second kappa shape index (κ2) is 3.83. The van der Waals surface area contributed by atoms with Crippen molar-refractivity contribution in [3.05, 3.63) is 0 Å². The van der Waals surface area contributed by atoms with Gasteiger partial charge in [0, 0.05) is 13.5 Å². The van der Waals surface area contributed by atoms with Crippen LogP contribution in [0.5, 0.6) is 0 Å². The van der Waals surface area contributed by atoms with E-state index in [2.05, 4.69) is 9.39 Å². The Kier molecular flexibility index (Phi) is 2.98. The van der Waals surface area contributed by atoms with Crippen LogP contribution in [0.1, 0.15) is 12.8 Å². The zero-order valence-electron chi connectivity index (χ0n) is 7.27. The third kappa shape index (κ3) is 1.70. The molecule has 72 valence electrons. The van der Waals surface area contributed by atoms with E-state index in [9.17, 15) is 14.4 Å². The van der Waals surface area contributed by atoms with Gasteiger partial charge in [-0.05, 0) is 15.8 Å². The lowest BCUT2D eigenvalue weighted by Gasteiger charge is -2.13. The number of carbonyl (C=O) groups excluding carboxylic acids is 3. The standard InChI is InChI=1S/C7H11N2O3P/c1-8-6(11)5(3-2-4-10)9(13)7(8)12/h4-5H,2-3,13H2,1H3/t5-/m1/s1. The average Bonchev–Trinajstić information content (AvgIpc) is 2.30. The van der Waals surface area contributed by atoms with Gasteiger partial charge in [-0.25, -0.2) is 4.79 Å². The summed E-state index contributed by atoms with van der Waals surface area (Å²) in [6, 6.07) is -0.835. The van der Waals surface area contributed by atoms with Crippen molar-refractivity contribution in [2.45, 2.75) is 18.9 Å². The number of aldehydes is 1. The molecule has 1 saturated heterocycles. The van der Waals surface area contributed by atoms with Crippen LogP contribution in [-0.4, -0.2) is 40.9 Å². The van der Waals surface area contributed by atoms with Crippen molar-refractivity contribution in [2.75, 3.05) is 7.05 Å². The number of urea groups is 1. The molecule has 0 N–H and O–H groups in total. The number of nitrogens with zero attached hydrogens (tertiary/aromatic N) is 2. The molecule has 1 rings (SSSR count). The Morgan fingerprint density at radius 1 is 1.54 bits per heavy atom. The van der Waals surface area contributed by atoms with Crippen LogP contribution in [0.15, 0.2) is 0 Å². The number of hydrogen-bond donors (Lipinski definition) is 0. The van der Waals surface area contributed by atoms with Gasteiger partial charge in [0.05, 0.1) is 0 Å². The summed E-state index contributed by atoms with van der Waals surface area (Å²) < 4.78 is 1.28. The van der Waals surface area contributed by atoms with Crippen molar-refractivity contribution in [3.63, 3.8) is 0 Å². The fourth-order valence-electron chi connectivity index (χ4n) is 1.23. The highest BCUT2D eigenvalue weighted by Gasteiger charge is 2.40. The molecule has 0 aromatic carbocycles. The fraction of sp³-hybridized carbons (Fsp3) is 0.571. The van der Waals surface area contributed by atoms with E-state index in [1.165, 1.54) is 11.7 Å². The molecule has 1 heterocycles. The van der Waals surface area contributed by atoms with Crippen LogP contribution >= 0.6 is 9.39 Å². The molecule has 0 radical (unpaired) electrons. The Bertz CT molecular complexity index is 256. The summed E-state index contributed by atoms with van der Waals surface area (Å²) in [7, 11) is 3.63. The van der Waals surface area contributed by atoms with Crippen LogP contribution in [0.2, 0.25) is 0 Å². The normalized spacial score (nSPS) is 22.8. The minimum absolute atomic E-state index is 0.248. The zero-order chi connectivity index (χ0) is 10.0. The molecule has 1 aliphatic heterocycles. The molecule has 5 nitrogen and oxygen atoms in total. The summed E-state index contributed by atoms with van der Waals surface area (Å²) >= 11 is 0. The number of hydrogen-bond acceptors (Lipinski definition) is 3. The quantitative estimate of drug-likeness (QED) is 0.368. The SMILES string of the molecule is CN1C(=O)[C@@H](CCC=O)N(P)C1=O. The van der Waals surface area contributed by atoms with E-state index in [1.54, 1.807) is 0 Å². The average molecular weight is 202 g/mol. The largest absolute Gasteiger partial charge is 0.330 e. The van der Waals surface area contributed by atoms with Crippen molar-refractivity contribution >= 4 is 27.6 Å². The lowest BCUT2D eigenvalue weighted by atomic mass is 10.2. The summed E-state index contributed by atoms with van der Waals surface area (Å²) in [4.78, 5) is 33.7. The molecule has 1 unspecified atom stereocenters. The topological polar surface area (TPSA) is 57.7 Å². The van der Waals surface area contributed by atoms with Gasteiger partial charge in [-0.15, -0.1) is 0 Å². The Morgan fingerprint density at radius 2 is 2.15 bits per heavy atom. The van der Waals surface area contributed by atoms with Gasteiger partial charge in [-0.1, -0.05) is 0 Å². The van der Waals surface area contributed by atoms with Gasteiger partial charge in [-0.2, -0.15) is 0 Å². The molecule has 6 heteroatoms. The summed E-state index contributed by atoms with van der Waals surface area (Å²) in [6.07, 6.45) is 1.43. The molecular formula is C7H11N2O3P. The highest BCUT2D eigenvalue weighted by molar-refractivity contribution is 7.15. The molecule has 0 aromatic rings. The zero-order valence-corrected chi connectivity index (χ0v) is 8.42. The molecule has 0 saturated carbocycles. The molecule has 1 fully saturated rings. The van der Waals surface area contributed by atoms with E-state index in [0.29, 0.717) is 12.8 Å². The number of rotatable bonds is 3. The van der Waals surface area contributed by atoms with Crippen LogP contribution in [-0.2, 0) is 9.59 Å². The molecule has 0 aliphatic carbocycles. The molecular weight excluding hydrogens is 191 g/mol. The van der Waals surface area contributed by atoms with Gasteiger partial charge in [0.15, 0.2) is 0 Å². The first-order valence-electron chi connectivity index (χ1n) is 3.88. The van der Waals surface area contributed by atoms with Gasteiger partial charge in [0.2, 0.25) is 0 Å². The first-order chi connectivity index (χ1) is 6.09. The Morgan fingerprint density at radius 3 is 2.54 bits per heavy atom. The summed E-state index contributed by atoms with van der Waals surface area (Å²) in [5.41, 5.74) is 0. The summed E-state index contributed by atoms with van der Waals surface area (Å²) in [6.45, 7) is 0. The summed E-state index contributed by atoms with van der Waals surface area (Å²) in [5, 5.41) is 0. The lowest BCUT2D eigenvalue weighted by Crippen LogP contribution is -2.27. The maximum Gasteiger partial charge on any atom is 0.330 e. The molecule has 3 amide bonds. The molecule has 0 bridgehead atoms. The van der Waals surface area contributed by atoms with Gasteiger partial charge >= 0.3 is 6.03 Å². The van der Waals surface area contributed by atoms with Crippen LogP contribution in [0, 0.1) is 0 Å². The van der Waals surface area contributed by atoms with Crippen molar-refractivity contribution in [1.82, 2.24) is 9.57 Å². The number of imide groups is 1. The Labute approximate surface area is 78.3 Å². The van der Waals surface area contributed by atoms with Gasteiger partial charge in [0.25, 0.3) is 5.91 Å². The number of likely N-dealkylation sites (N-methyl/N-ethyl adjacent to an activating group) is 1. The minimum atomic E-state index is -0.493. The van der Waals surface area contributed by atoms with Crippen molar-refractivity contribution in [2.24, 2.45) is 0 Å². The lowest BCUT2D eigenvalue weighted by molar-refractivity contribution is -0.127. The smallest absolute Gasteiger partial charge is 0.303 e. The molecule has 1 aliphatic rings. The van der Waals surface area contributed by atoms with E-state index in [0.717, 1.165) is 11.2 Å². The van der Waals surface area contributed by atoms with Crippen molar-refractivity contribution < 1.29 is 14.4 Å². The van der Waals surface area contributed by atoms with E-state index >= 15 is 0 Å². The highest BCUT2D eigenvalue weighted by atomic mass is 31.0. The highest BCUT2D eigenvalue weighted by Crippen LogP contribution is 2.22. The molecule has 0 spiro atoms. The van der Waals surface area contributed by atoms with Crippen LogP contribution in [0.25, 0.3) is 0 Å². The molecule has 2 atom stereocenters. The first kappa shape index (κ1) is 10.1. The van der Waals surface area contributed by atoms with Crippen LogP contribution in [0.3, 0.4) is 0 Å². The molecule has 13 heavy (non-hydrogen) atoms. The Hall–Kier alpha value is -0.960. The first-order valence-corrected chi connectivity index (χ1v) is 4.40.